The van der Waals surface area contributed by atoms with E-state index in [1.165, 1.54) is 0 Å². The van der Waals surface area contributed by atoms with Crippen LogP contribution < -0.4 is 0 Å². The summed E-state index contributed by atoms with van der Waals surface area (Å²) in [6.45, 7) is 7.88. The number of hydrogen-bond acceptors (Lipinski definition) is 4. The van der Waals surface area contributed by atoms with Gasteiger partial charge < -0.3 is 14.6 Å². The van der Waals surface area contributed by atoms with Crippen LogP contribution in [0.15, 0.2) is 24.3 Å². The van der Waals surface area contributed by atoms with Crippen molar-refractivity contribution in [3.63, 3.8) is 0 Å². The van der Waals surface area contributed by atoms with Crippen molar-refractivity contribution >= 4 is 5.97 Å². The van der Waals surface area contributed by atoms with E-state index in [0.717, 1.165) is 30.6 Å². The van der Waals surface area contributed by atoms with Gasteiger partial charge in [0.1, 0.15) is 0 Å². The van der Waals surface area contributed by atoms with Crippen molar-refractivity contribution in [2.45, 2.75) is 53.2 Å². The highest BCUT2D eigenvalue weighted by Crippen LogP contribution is 2.09. The first-order valence-electron chi connectivity index (χ1n) is 7.60. The van der Waals surface area contributed by atoms with E-state index in [-0.39, 0.29) is 12.6 Å². The summed E-state index contributed by atoms with van der Waals surface area (Å²) >= 11 is 0. The monoisotopic (exact) mass is 296 g/mol. The predicted molar refractivity (Wildman–Crippen MR) is 83.9 cm³/mol. The molecule has 0 aliphatic rings. The van der Waals surface area contributed by atoms with Crippen LogP contribution in [0.1, 0.15) is 51.2 Å². The lowest BCUT2D eigenvalue weighted by Crippen LogP contribution is -2.02. The molecule has 120 valence electrons. The minimum absolute atomic E-state index is 0.0889. The first-order chi connectivity index (χ1) is 10.2. The Morgan fingerprint density at radius 1 is 1.05 bits per heavy atom. The van der Waals surface area contributed by atoms with Crippen LogP contribution in [0.3, 0.4) is 0 Å². The molecule has 0 spiro atoms. The van der Waals surface area contributed by atoms with Gasteiger partial charge in [-0.1, -0.05) is 45.0 Å². The third kappa shape index (κ3) is 10.0. The fraction of sp³-hybridized carbons (Fsp3) is 0.588. The molecular formula is C17H28O4. The zero-order valence-corrected chi connectivity index (χ0v) is 13.4. The van der Waals surface area contributed by atoms with Gasteiger partial charge in [0.2, 0.25) is 0 Å². The number of ether oxygens (including phenoxy) is 2. The van der Waals surface area contributed by atoms with Crippen LogP contribution in [0.4, 0.5) is 0 Å². The van der Waals surface area contributed by atoms with E-state index in [4.69, 9.17) is 14.6 Å². The fourth-order valence-corrected chi connectivity index (χ4v) is 1.50. The Labute approximate surface area is 128 Å². The fourth-order valence-electron chi connectivity index (χ4n) is 1.50. The summed E-state index contributed by atoms with van der Waals surface area (Å²) in [6, 6.07) is 7.80. The maximum atomic E-state index is 10.3. The molecule has 0 aliphatic heterocycles. The van der Waals surface area contributed by atoms with Gasteiger partial charge in [0.25, 0.3) is 0 Å². The van der Waals surface area contributed by atoms with Crippen molar-refractivity contribution in [1.29, 1.82) is 0 Å². The molecule has 0 radical (unpaired) electrons. The van der Waals surface area contributed by atoms with Gasteiger partial charge in [0.15, 0.2) is 0 Å². The molecular weight excluding hydrogens is 268 g/mol. The third-order valence-electron chi connectivity index (χ3n) is 2.65. The number of carbonyl (C=O) groups excluding carboxylic acids is 1. The Morgan fingerprint density at radius 2 is 1.67 bits per heavy atom. The molecule has 4 nitrogen and oxygen atoms in total. The molecule has 0 aliphatic carbocycles. The van der Waals surface area contributed by atoms with Crippen LogP contribution >= 0.6 is 0 Å². The minimum Gasteiger partial charge on any atom is -0.466 e. The number of aliphatic hydroxyl groups excluding tert-OH is 1. The van der Waals surface area contributed by atoms with E-state index >= 15 is 0 Å². The molecule has 1 aromatic carbocycles. The van der Waals surface area contributed by atoms with Crippen LogP contribution in [0, 0.1) is 0 Å². The first-order valence-corrected chi connectivity index (χ1v) is 7.60. The molecule has 0 heterocycles. The molecule has 0 aromatic heterocycles. The largest absolute Gasteiger partial charge is 0.466 e. The maximum Gasteiger partial charge on any atom is 0.305 e. The second-order valence-electron chi connectivity index (χ2n) is 4.55. The zero-order chi connectivity index (χ0) is 15.9. The van der Waals surface area contributed by atoms with Gasteiger partial charge in [-0.3, -0.25) is 4.79 Å². The number of rotatable bonds is 8. The summed E-state index contributed by atoms with van der Waals surface area (Å²) in [5, 5.41) is 9.02. The van der Waals surface area contributed by atoms with E-state index < -0.39 is 0 Å². The van der Waals surface area contributed by atoms with Crippen molar-refractivity contribution < 1.29 is 19.4 Å². The van der Waals surface area contributed by atoms with Crippen molar-refractivity contribution in [3.8, 4) is 0 Å². The van der Waals surface area contributed by atoms with E-state index in [9.17, 15) is 4.79 Å². The molecule has 0 atom stereocenters. The van der Waals surface area contributed by atoms with E-state index in [0.29, 0.717) is 19.6 Å². The van der Waals surface area contributed by atoms with Gasteiger partial charge in [-0.15, -0.1) is 0 Å². The second-order valence-corrected chi connectivity index (χ2v) is 4.55. The summed E-state index contributed by atoms with van der Waals surface area (Å²) in [6.07, 6.45) is 2.42. The average molecular weight is 296 g/mol. The van der Waals surface area contributed by atoms with Gasteiger partial charge in [0.05, 0.1) is 19.8 Å². The Kier molecular flexibility index (Phi) is 12.7. The topological polar surface area (TPSA) is 55.8 Å². The number of esters is 1. The smallest absolute Gasteiger partial charge is 0.305 e. The maximum absolute atomic E-state index is 10.3. The number of hydrogen-bond donors (Lipinski definition) is 1. The highest BCUT2D eigenvalue weighted by molar-refractivity contribution is 5.68. The van der Waals surface area contributed by atoms with Crippen LogP contribution in [-0.2, 0) is 27.5 Å². The first kappa shape index (κ1) is 19.6. The van der Waals surface area contributed by atoms with Crippen molar-refractivity contribution in [1.82, 2.24) is 0 Å². The minimum atomic E-state index is -0.105. The third-order valence-corrected chi connectivity index (χ3v) is 2.65. The molecule has 0 amide bonds. The van der Waals surface area contributed by atoms with Crippen molar-refractivity contribution in [3.05, 3.63) is 35.4 Å². The SMILES string of the molecule is CCCOC(=O)CC.CCCOCc1ccccc1CO. The summed E-state index contributed by atoms with van der Waals surface area (Å²) in [4.78, 5) is 10.3. The Morgan fingerprint density at radius 3 is 2.19 bits per heavy atom. The van der Waals surface area contributed by atoms with E-state index in [2.05, 4.69) is 6.92 Å². The van der Waals surface area contributed by atoms with Gasteiger partial charge in [-0.05, 0) is 24.0 Å². The Hall–Kier alpha value is -1.39. The Bertz CT molecular complexity index is 377. The molecule has 1 aromatic rings. The molecule has 0 fully saturated rings. The average Bonchev–Trinajstić information content (AvgIpc) is 2.53. The molecule has 4 heteroatoms. The van der Waals surface area contributed by atoms with Crippen molar-refractivity contribution in [2.75, 3.05) is 13.2 Å². The van der Waals surface area contributed by atoms with Gasteiger partial charge in [-0.25, -0.2) is 0 Å². The van der Waals surface area contributed by atoms with Crippen LogP contribution in [-0.4, -0.2) is 24.3 Å². The molecule has 0 saturated heterocycles. The lowest BCUT2D eigenvalue weighted by atomic mass is 10.1. The standard InChI is InChI=1S/C11H16O2.C6H12O2/c1-2-7-13-9-11-6-4-3-5-10(11)8-12;1-3-5-8-6(7)4-2/h3-6,12H,2,7-9H2,1H3;3-5H2,1-2H3. The zero-order valence-electron chi connectivity index (χ0n) is 13.4. The molecule has 0 unspecified atom stereocenters. The predicted octanol–water partition coefficient (Wildman–Crippen LogP) is 3.46. The van der Waals surface area contributed by atoms with Crippen molar-refractivity contribution in [2.24, 2.45) is 0 Å². The second kappa shape index (κ2) is 13.6. The lowest BCUT2D eigenvalue weighted by molar-refractivity contribution is -0.143. The molecule has 0 bridgehead atoms. The van der Waals surface area contributed by atoms with E-state index in [1.807, 2.05) is 31.2 Å². The van der Waals surface area contributed by atoms with E-state index in [1.54, 1.807) is 6.92 Å². The summed E-state index contributed by atoms with van der Waals surface area (Å²) in [5.41, 5.74) is 2.04. The van der Waals surface area contributed by atoms with Crippen LogP contribution in [0.25, 0.3) is 0 Å². The molecule has 1 rings (SSSR count). The normalized spacial score (nSPS) is 9.71. The highest BCUT2D eigenvalue weighted by atomic mass is 16.5. The molecule has 1 N–H and O–H groups in total. The number of aliphatic hydroxyl groups is 1. The Balaban J connectivity index is 0.000000433. The molecule has 0 saturated carbocycles. The highest BCUT2D eigenvalue weighted by Gasteiger charge is 1.99. The molecule has 21 heavy (non-hydrogen) atoms. The summed E-state index contributed by atoms with van der Waals surface area (Å²) in [7, 11) is 0. The van der Waals surface area contributed by atoms with Gasteiger partial charge >= 0.3 is 5.97 Å². The summed E-state index contributed by atoms with van der Waals surface area (Å²) in [5.74, 6) is -0.105. The van der Waals surface area contributed by atoms with Crippen LogP contribution in [0.2, 0.25) is 0 Å². The van der Waals surface area contributed by atoms with Crippen LogP contribution in [0.5, 0.6) is 0 Å². The van der Waals surface area contributed by atoms with Gasteiger partial charge in [0, 0.05) is 13.0 Å². The number of benzene rings is 1. The lowest BCUT2D eigenvalue weighted by Gasteiger charge is -2.06. The quantitative estimate of drug-likeness (QED) is 0.589. The summed E-state index contributed by atoms with van der Waals surface area (Å²) < 4.78 is 10.1. The van der Waals surface area contributed by atoms with Gasteiger partial charge in [-0.2, -0.15) is 0 Å². The number of carbonyl (C=O) groups is 1.